The molecule has 2 aromatic carbocycles. The summed E-state index contributed by atoms with van der Waals surface area (Å²) in [6.07, 6.45) is 0. The average molecular weight is 417 g/mol. The highest BCUT2D eigenvalue weighted by Gasteiger charge is 2.20. The van der Waals surface area contributed by atoms with Crippen molar-refractivity contribution in [1.82, 2.24) is 19.7 Å². The summed E-state index contributed by atoms with van der Waals surface area (Å²) in [5.74, 6) is 0.0546. The third kappa shape index (κ3) is 3.99. The quantitative estimate of drug-likeness (QED) is 0.533. The van der Waals surface area contributed by atoms with Crippen molar-refractivity contribution in [2.45, 2.75) is 0 Å². The van der Waals surface area contributed by atoms with Crippen molar-refractivity contribution in [2.75, 3.05) is 19.4 Å². The molecule has 150 valence electrons. The highest BCUT2D eigenvalue weighted by atomic mass is 32.1. The average Bonchev–Trinajstić information content (AvgIpc) is 3.44. The fourth-order valence-electron chi connectivity index (χ4n) is 2.90. The Morgan fingerprint density at radius 1 is 1.00 bits per heavy atom. The molecule has 0 aliphatic heterocycles. The van der Waals surface area contributed by atoms with Gasteiger partial charge in [0.25, 0.3) is 11.8 Å². The van der Waals surface area contributed by atoms with E-state index in [0.29, 0.717) is 17.1 Å². The third-order valence-electron chi connectivity index (χ3n) is 4.33. The molecule has 0 saturated heterocycles. The zero-order valence-electron chi connectivity index (χ0n) is 16.4. The van der Waals surface area contributed by atoms with Crippen LogP contribution < -0.4 is 5.32 Å². The minimum absolute atomic E-state index is 0.0478. The SMILES string of the molecule is CN(C)C(=O)c1cccc(NC(=O)c2nc(-c3cccs3)n(-c3ccccc3)n2)c1. The zero-order valence-corrected chi connectivity index (χ0v) is 17.3. The molecule has 2 aromatic heterocycles. The minimum Gasteiger partial charge on any atom is -0.345 e. The first kappa shape index (κ1) is 19.5. The lowest BCUT2D eigenvalue weighted by molar-refractivity contribution is 0.0827. The maximum Gasteiger partial charge on any atom is 0.295 e. The van der Waals surface area contributed by atoms with Crippen LogP contribution in [0.25, 0.3) is 16.4 Å². The molecule has 8 heteroatoms. The van der Waals surface area contributed by atoms with Gasteiger partial charge in [0, 0.05) is 25.3 Å². The van der Waals surface area contributed by atoms with E-state index in [0.717, 1.165) is 10.6 Å². The topological polar surface area (TPSA) is 80.1 Å². The van der Waals surface area contributed by atoms with E-state index in [-0.39, 0.29) is 11.7 Å². The molecule has 0 aliphatic rings. The van der Waals surface area contributed by atoms with Crippen LogP contribution >= 0.6 is 11.3 Å². The summed E-state index contributed by atoms with van der Waals surface area (Å²) in [5, 5.41) is 9.18. The monoisotopic (exact) mass is 417 g/mol. The van der Waals surface area contributed by atoms with Gasteiger partial charge in [0.05, 0.1) is 10.6 Å². The van der Waals surface area contributed by atoms with Crippen LogP contribution in [-0.2, 0) is 0 Å². The molecule has 4 aromatic rings. The van der Waals surface area contributed by atoms with Crippen LogP contribution in [0.4, 0.5) is 5.69 Å². The van der Waals surface area contributed by atoms with Crippen molar-refractivity contribution >= 4 is 28.8 Å². The lowest BCUT2D eigenvalue weighted by atomic mass is 10.2. The number of hydrogen-bond acceptors (Lipinski definition) is 5. The molecule has 0 spiro atoms. The highest BCUT2D eigenvalue weighted by molar-refractivity contribution is 7.13. The molecule has 0 bridgehead atoms. The van der Waals surface area contributed by atoms with Gasteiger partial charge in [-0.3, -0.25) is 9.59 Å². The van der Waals surface area contributed by atoms with Crippen LogP contribution in [0.15, 0.2) is 72.1 Å². The van der Waals surface area contributed by atoms with Gasteiger partial charge in [-0.25, -0.2) is 9.67 Å². The van der Waals surface area contributed by atoms with Gasteiger partial charge < -0.3 is 10.2 Å². The summed E-state index contributed by atoms with van der Waals surface area (Å²) in [4.78, 5) is 31.9. The Bertz CT molecular complexity index is 1180. The second-order valence-corrected chi connectivity index (χ2v) is 7.67. The number of nitrogens with zero attached hydrogens (tertiary/aromatic N) is 4. The molecule has 0 unspecified atom stereocenters. The number of rotatable bonds is 5. The number of carbonyl (C=O) groups excluding carboxylic acids is 2. The first-order valence-electron chi connectivity index (χ1n) is 9.22. The Kier molecular flexibility index (Phi) is 5.40. The molecule has 0 saturated carbocycles. The Balaban J connectivity index is 1.66. The number of nitrogens with one attached hydrogen (secondary N) is 1. The predicted molar refractivity (Wildman–Crippen MR) is 117 cm³/mol. The van der Waals surface area contributed by atoms with Crippen LogP contribution in [-0.4, -0.2) is 45.6 Å². The van der Waals surface area contributed by atoms with Gasteiger partial charge in [-0.1, -0.05) is 30.3 Å². The molecule has 0 atom stereocenters. The summed E-state index contributed by atoms with van der Waals surface area (Å²) in [5.41, 5.74) is 1.80. The normalized spacial score (nSPS) is 10.6. The van der Waals surface area contributed by atoms with Crippen LogP contribution in [0.5, 0.6) is 0 Å². The number of thiophene rings is 1. The number of para-hydroxylation sites is 1. The smallest absolute Gasteiger partial charge is 0.295 e. The zero-order chi connectivity index (χ0) is 21.1. The number of amides is 2. The molecule has 0 fully saturated rings. The number of aromatic nitrogens is 3. The largest absolute Gasteiger partial charge is 0.345 e. The van der Waals surface area contributed by atoms with Gasteiger partial charge >= 0.3 is 0 Å². The van der Waals surface area contributed by atoms with Gasteiger partial charge in [-0.2, -0.15) is 0 Å². The first-order valence-corrected chi connectivity index (χ1v) is 10.1. The van der Waals surface area contributed by atoms with Crippen LogP contribution in [0.1, 0.15) is 21.0 Å². The second-order valence-electron chi connectivity index (χ2n) is 6.72. The summed E-state index contributed by atoms with van der Waals surface area (Å²) >= 11 is 1.52. The van der Waals surface area contributed by atoms with E-state index in [1.54, 1.807) is 43.0 Å². The van der Waals surface area contributed by atoms with E-state index in [2.05, 4.69) is 15.4 Å². The summed E-state index contributed by atoms with van der Waals surface area (Å²) < 4.78 is 1.66. The number of hydrogen-bond donors (Lipinski definition) is 1. The Morgan fingerprint density at radius 3 is 2.50 bits per heavy atom. The molecule has 0 aliphatic carbocycles. The van der Waals surface area contributed by atoms with Crippen molar-refractivity contribution in [2.24, 2.45) is 0 Å². The van der Waals surface area contributed by atoms with E-state index < -0.39 is 5.91 Å². The molecule has 1 N–H and O–H groups in total. The van der Waals surface area contributed by atoms with Crippen molar-refractivity contribution in [3.05, 3.63) is 83.5 Å². The number of benzene rings is 2. The second kappa shape index (κ2) is 8.30. The van der Waals surface area contributed by atoms with E-state index in [4.69, 9.17) is 0 Å². The van der Waals surface area contributed by atoms with E-state index in [1.165, 1.54) is 16.2 Å². The molecule has 7 nitrogen and oxygen atoms in total. The van der Waals surface area contributed by atoms with Crippen LogP contribution in [0.2, 0.25) is 0 Å². The predicted octanol–water partition coefficient (Wildman–Crippen LogP) is 3.95. The fourth-order valence-corrected chi connectivity index (χ4v) is 3.60. The van der Waals surface area contributed by atoms with E-state index in [1.807, 2.05) is 47.8 Å². The van der Waals surface area contributed by atoms with Gasteiger partial charge in [0.15, 0.2) is 5.82 Å². The lowest BCUT2D eigenvalue weighted by Crippen LogP contribution is -2.22. The van der Waals surface area contributed by atoms with Crippen molar-refractivity contribution in [3.63, 3.8) is 0 Å². The van der Waals surface area contributed by atoms with Gasteiger partial charge in [0.1, 0.15) is 0 Å². The molecular formula is C22H19N5O2S. The summed E-state index contributed by atoms with van der Waals surface area (Å²) in [6, 6.07) is 20.2. The Hall–Kier alpha value is -3.78. The lowest BCUT2D eigenvalue weighted by Gasteiger charge is -2.11. The van der Waals surface area contributed by atoms with Crippen molar-refractivity contribution in [1.29, 1.82) is 0 Å². The van der Waals surface area contributed by atoms with Gasteiger partial charge in [-0.05, 0) is 41.8 Å². The van der Waals surface area contributed by atoms with Gasteiger partial charge in [0.2, 0.25) is 5.82 Å². The van der Waals surface area contributed by atoms with E-state index >= 15 is 0 Å². The molecule has 2 amide bonds. The minimum atomic E-state index is -0.447. The molecule has 0 radical (unpaired) electrons. The number of anilines is 1. The maximum absolute atomic E-state index is 12.9. The Morgan fingerprint density at radius 2 is 1.80 bits per heavy atom. The summed E-state index contributed by atoms with van der Waals surface area (Å²) in [6.45, 7) is 0. The fraction of sp³-hybridized carbons (Fsp3) is 0.0909. The summed E-state index contributed by atoms with van der Waals surface area (Å²) in [7, 11) is 3.36. The van der Waals surface area contributed by atoms with Crippen molar-refractivity contribution < 1.29 is 9.59 Å². The number of carbonyl (C=O) groups is 2. The van der Waals surface area contributed by atoms with E-state index in [9.17, 15) is 9.59 Å². The standard InChI is InChI=1S/C22H19N5O2S/c1-26(2)22(29)15-8-6-9-16(14-15)23-21(28)19-24-20(18-12-7-13-30-18)27(25-19)17-10-4-3-5-11-17/h3-14H,1-2H3,(H,23,28). The van der Waals surface area contributed by atoms with Crippen molar-refractivity contribution in [3.8, 4) is 16.4 Å². The van der Waals surface area contributed by atoms with Crippen LogP contribution in [0, 0.1) is 0 Å². The molecular weight excluding hydrogens is 398 g/mol. The molecule has 30 heavy (non-hydrogen) atoms. The maximum atomic E-state index is 12.9. The Labute approximate surface area is 177 Å². The van der Waals surface area contributed by atoms with Crippen LogP contribution in [0.3, 0.4) is 0 Å². The van der Waals surface area contributed by atoms with Gasteiger partial charge in [-0.15, -0.1) is 16.4 Å². The molecule has 2 heterocycles. The first-order chi connectivity index (χ1) is 14.5. The highest BCUT2D eigenvalue weighted by Crippen LogP contribution is 2.25. The third-order valence-corrected chi connectivity index (χ3v) is 5.19. The molecule has 4 rings (SSSR count).